The van der Waals surface area contributed by atoms with Crippen LogP contribution in [0.1, 0.15) is 22.4 Å². The van der Waals surface area contributed by atoms with Gasteiger partial charge in [0.2, 0.25) is 0 Å². The number of aromatic nitrogens is 1. The molecule has 1 rings (SSSR count). The third-order valence-electron chi connectivity index (χ3n) is 1.27. The molecule has 0 saturated carbocycles. The van der Waals surface area contributed by atoms with E-state index in [0.717, 1.165) is 18.3 Å². The summed E-state index contributed by atoms with van der Waals surface area (Å²) in [6.07, 6.45) is 0. The van der Waals surface area contributed by atoms with Gasteiger partial charge in [-0.1, -0.05) is 0 Å². The van der Waals surface area contributed by atoms with E-state index in [1.807, 2.05) is 0 Å². The molecule has 0 saturated heterocycles. The van der Waals surface area contributed by atoms with Crippen LogP contribution in [0.2, 0.25) is 0 Å². The van der Waals surface area contributed by atoms with Crippen LogP contribution in [-0.2, 0) is 10.7 Å². The summed E-state index contributed by atoms with van der Waals surface area (Å²) in [5.74, 6) is -3.71. The first-order valence-corrected chi connectivity index (χ1v) is 4.25. The lowest BCUT2D eigenvalue weighted by atomic mass is 10.4. The van der Waals surface area contributed by atoms with Crippen molar-refractivity contribution in [2.75, 3.05) is 7.11 Å². The molecule has 13 heavy (non-hydrogen) atoms. The van der Waals surface area contributed by atoms with Gasteiger partial charge in [-0.3, -0.25) is 0 Å². The van der Waals surface area contributed by atoms with E-state index in [1.54, 1.807) is 0 Å². The number of carbonyl (C=O) groups excluding carboxylic acids is 1. The van der Waals surface area contributed by atoms with Crippen molar-refractivity contribution >= 4 is 17.3 Å². The highest BCUT2D eigenvalue weighted by molar-refractivity contribution is 7.10. The second kappa shape index (κ2) is 3.37. The Hall–Kier alpha value is -1.04. The second-order valence-corrected chi connectivity index (χ2v) is 3.28. The van der Waals surface area contributed by atoms with E-state index < -0.39 is 11.9 Å². The molecule has 1 heterocycles. The largest absolute Gasteiger partial charge is 0.464 e. The minimum absolute atomic E-state index is 0.0796. The zero-order valence-corrected chi connectivity index (χ0v) is 7.82. The van der Waals surface area contributed by atoms with Crippen molar-refractivity contribution in [2.24, 2.45) is 0 Å². The summed E-state index contributed by atoms with van der Waals surface area (Å²) in [4.78, 5) is 14.3. The molecule has 0 aliphatic heterocycles. The van der Waals surface area contributed by atoms with Crippen LogP contribution in [0.5, 0.6) is 0 Å². The van der Waals surface area contributed by atoms with Gasteiger partial charge in [-0.2, -0.15) is 8.78 Å². The Kier molecular flexibility index (Phi) is 2.60. The molecule has 1 aromatic rings. The minimum Gasteiger partial charge on any atom is -0.464 e. The molecule has 0 amide bonds. The number of ether oxygens (including phenoxy) is 1. The molecule has 3 nitrogen and oxygen atoms in total. The van der Waals surface area contributed by atoms with E-state index in [0.29, 0.717) is 0 Å². The van der Waals surface area contributed by atoms with Crippen LogP contribution in [0.3, 0.4) is 0 Å². The molecule has 72 valence electrons. The molecule has 0 aromatic carbocycles. The number of rotatable bonds is 2. The molecule has 0 unspecified atom stereocenters. The van der Waals surface area contributed by atoms with Crippen molar-refractivity contribution in [3.05, 3.63) is 16.1 Å². The summed E-state index contributed by atoms with van der Waals surface area (Å²) in [6, 6.07) is 0. The summed E-state index contributed by atoms with van der Waals surface area (Å²) in [7, 11) is 1.17. The van der Waals surface area contributed by atoms with Crippen molar-refractivity contribution in [2.45, 2.75) is 12.8 Å². The molecule has 0 aliphatic carbocycles. The number of methoxy groups -OCH3 is 1. The van der Waals surface area contributed by atoms with E-state index in [9.17, 15) is 13.6 Å². The Morgan fingerprint density at radius 3 is 2.69 bits per heavy atom. The lowest BCUT2D eigenvalue weighted by Gasteiger charge is -2.03. The van der Waals surface area contributed by atoms with Crippen molar-refractivity contribution in [3.8, 4) is 0 Å². The third-order valence-corrected chi connectivity index (χ3v) is 2.29. The van der Waals surface area contributed by atoms with Gasteiger partial charge in [-0.05, 0) is 0 Å². The van der Waals surface area contributed by atoms with Crippen LogP contribution in [0.15, 0.2) is 5.38 Å². The van der Waals surface area contributed by atoms with E-state index in [2.05, 4.69) is 9.72 Å². The van der Waals surface area contributed by atoms with Gasteiger partial charge in [0.1, 0.15) is 0 Å². The maximum absolute atomic E-state index is 12.6. The van der Waals surface area contributed by atoms with Crippen LogP contribution < -0.4 is 0 Å². The zero-order valence-electron chi connectivity index (χ0n) is 7.01. The third kappa shape index (κ3) is 2.21. The monoisotopic (exact) mass is 207 g/mol. The van der Waals surface area contributed by atoms with Crippen molar-refractivity contribution in [3.63, 3.8) is 0 Å². The molecule has 6 heteroatoms. The van der Waals surface area contributed by atoms with Gasteiger partial charge in [-0.25, -0.2) is 9.78 Å². The molecule has 0 bridgehead atoms. The molecular formula is C7H7F2NO2S. The lowest BCUT2D eigenvalue weighted by molar-refractivity contribution is 0.0170. The average molecular weight is 207 g/mol. The second-order valence-electron chi connectivity index (χ2n) is 2.42. The summed E-state index contributed by atoms with van der Waals surface area (Å²) in [6.45, 7) is 0.729. The van der Waals surface area contributed by atoms with Gasteiger partial charge >= 0.3 is 5.97 Å². The lowest BCUT2D eigenvalue weighted by Crippen LogP contribution is -2.08. The van der Waals surface area contributed by atoms with Crippen LogP contribution >= 0.6 is 11.3 Å². The van der Waals surface area contributed by atoms with Gasteiger partial charge in [0.05, 0.1) is 7.11 Å². The van der Waals surface area contributed by atoms with Crippen molar-refractivity contribution < 1.29 is 18.3 Å². The smallest absolute Gasteiger partial charge is 0.357 e. The normalized spacial score (nSPS) is 11.4. The quantitative estimate of drug-likeness (QED) is 0.696. The number of alkyl halides is 2. The van der Waals surface area contributed by atoms with Crippen molar-refractivity contribution in [1.82, 2.24) is 4.98 Å². The van der Waals surface area contributed by atoms with Gasteiger partial charge in [0, 0.05) is 12.3 Å². The van der Waals surface area contributed by atoms with Crippen LogP contribution in [-0.4, -0.2) is 18.1 Å². The molecule has 0 radical (unpaired) electrons. The fraction of sp³-hybridized carbons (Fsp3) is 0.429. The number of carbonyl (C=O) groups is 1. The molecule has 0 spiro atoms. The predicted molar refractivity (Wildman–Crippen MR) is 43.0 cm³/mol. The highest BCUT2D eigenvalue weighted by Gasteiger charge is 2.29. The Bertz CT molecular complexity index is 319. The van der Waals surface area contributed by atoms with Crippen LogP contribution in [0.25, 0.3) is 0 Å². The Morgan fingerprint density at radius 1 is 1.69 bits per heavy atom. The Balaban J connectivity index is 2.93. The topological polar surface area (TPSA) is 39.2 Å². The molecule has 0 fully saturated rings. The highest BCUT2D eigenvalue weighted by Crippen LogP contribution is 2.29. The first-order valence-electron chi connectivity index (χ1n) is 3.37. The number of esters is 1. The van der Waals surface area contributed by atoms with E-state index in [1.165, 1.54) is 12.5 Å². The number of hydrogen-bond donors (Lipinski definition) is 0. The number of nitrogens with zero attached hydrogens (tertiary/aromatic N) is 1. The molecular weight excluding hydrogens is 200 g/mol. The first kappa shape index (κ1) is 10.0. The molecule has 0 aliphatic rings. The SMILES string of the molecule is COC(=O)c1csc(C(C)(F)F)n1. The summed E-state index contributed by atoms with van der Waals surface area (Å²) >= 11 is 0.738. The predicted octanol–water partition coefficient (Wildman–Crippen LogP) is 2.04. The number of hydrogen-bond acceptors (Lipinski definition) is 4. The summed E-state index contributed by atoms with van der Waals surface area (Å²) in [5.41, 5.74) is -0.0796. The fourth-order valence-electron chi connectivity index (χ4n) is 0.674. The first-order chi connectivity index (χ1) is 5.95. The van der Waals surface area contributed by atoms with Gasteiger partial charge in [0.15, 0.2) is 10.7 Å². The van der Waals surface area contributed by atoms with Gasteiger partial charge in [0.25, 0.3) is 5.92 Å². The average Bonchev–Trinajstić information content (AvgIpc) is 2.50. The van der Waals surface area contributed by atoms with E-state index in [4.69, 9.17) is 0 Å². The molecule has 1 aromatic heterocycles. The van der Waals surface area contributed by atoms with E-state index in [-0.39, 0.29) is 10.7 Å². The van der Waals surface area contributed by atoms with Gasteiger partial charge in [-0.15, -0.1) is 11.3 Å². The molecule has 0 atom stereocenters. The van der Waals surface area contributed by atoms with Crippen molar-refractivity contribution in [1.29, 1.82) is 0 Å². The highest BCUT2D eigenvalue weighted by atomic mass is 32.1. The van der Waals surface area contributed by atoms with Crippen LogP contribution in [0, 0.1) is 0 Å². The molecule has 0 N–H and O–H groups in total. The minimum atomic E-state index is -3.00. The summed E-state index contributed by atoms with van der Waals surface area (Å²) < 4.78 is 29.6. The summed E-state index contributed by atoms with van der Waals surface area (Å²) in [5, 5.41) is 0.867. The number of halogens is 2. The zero-order chi connectivity index (χ0) is 10.1. The maximum Gasteiger partial charge on any atom is 0.357 e. The van der Waals surface area contributed by atoms with Gasteiger partial charge < -0.3 is 4.74 Å². The maximum atomic E-state index is 12.6. The fourth-order valence-corrected chi connectivity index (χ4v) is 1.40. The Labute approximate surface area is 77.4 Å². The van der Waals surface area contributed by atoms with E-state index >= 15 is 0 Å². The standard InChI is InChI=1S/C7H7F2NO2S/c1-7(8,9)6-10-4(3-13-6)5(11)12-2/h3H,1-2H3. The number of thiazole rings is 1. The Morgan fingerprint density at radius 2 is 2.31 bits per heavy atom. The van der Waals surface area contributed by atoms with Crippen LogP contribution in [0.4, 0.5) is 8.78 Å².